The van der Waals surface area contributed by atoms with Crippen LogP contribution in [-0.4, -0.2) is 37.2 Å². The van der Waals surface area contributed by atoms with E-state index in [0.29, 0.717) is 19.3 Å². The summed E-state index contributed by atoms with van der Waals surface area (Å²) in [5.41, 5.74) is 0. The molecule has 458 valence electrons. The van der Waals surface area contributed by atoms with Gasteiger partial charge in [0.05, 0.1) is 0 Å². The van der Waals surface area contributed by atoms with Gasteiger partial charge in [0.15, 0.2) is 6.10 Å². The van der Waals surface area contributed by atoms with Gasteiger partial charge in [0.1, 0.15) is 13.2 Å². The van der Waals surface area contributed by atoms with E-state index in [2.05, 4.69) is 93.7 Å². The molecule has 0 fully saturated rings. The minimum Gasteiger partial charge on any atom is -0.462 e. The zero-order valence-corrected chi connectivity index (χ0v) is 52.6. The molecule has 0 spiro atoms. The average molecular weight is 1100 g/mol. The molecule has 0 aliphatic heterocycles. The Morgan fingerprint density at radius 2 is 0.494 bits per heavy atom. The smallest absolute Gasteiger partial charge is 0.306 e. The first kappa shape index (κ1) is 75.8. The molecule has 0 amide bonds. The maximum atomic E-state index is 12.9. The molecule has 0 N–H and O–H groups in total. The van der Waals surface area contributed by atoms with E-state index < -0.39 is 6.10 Å². The lowest BCUT2D eigenvalue weighted by Gasteiger charge is -2.18. The number of carbonyl (C=O) groups excluding carboxylic acids is 3. The van der Waals surface area contributed by atoms with Gasteiger partial charge in [0, 0.05) is 19.3 Å². The predicted octanol–water partition coefficient (Wildman–Crippen LogP) is 23.7. The van der Waals surface area contributed by atoms with Crippen molar-refractivity contribution in [2.75, 3.05) is 13.2 Å². The summed E-state index contributed by atoms with van der Waals surface area (Å²) >= 11 is 0. The summed E-state index contributed by atoms with van der Waals surface area (Å²) in [6.07, 6.45) is 87.9. The van der Waals surface area contributed by atoms with Crippen LogP contribution in [0.15, 0.2) is 72.9 Å². The fourth-order valence-electron chi connectivity index (χ4n) is 10.1. The Labute approximate surface area is 491 Å². The van der Waals surface area contributed by atoms with Crippen LogP contribution in [0.2, 0.25) is 0 Å². The molecule has 0 rings (SSSR count). The van der Waals surface area contributed by atoms with Gasteiger partial charge in [0.25, 0.3) is 0 Å². The zero-order valence-electron chi connectivity index (χ0n) is 52.6. The number of carbonyl (C=O) groups is 3. The van der Waals surface area contributed by atoms with E-state index in [1.165, 1.54) is 199 Å². The van der Waals surface area contributed by atoms with Crippen molar-refractivity contribution in [1.82, 2.24) is 0 Å². The van der Waals surface area contributed by atoms with Crippen molar-refractivity contribution in [3.63, 3.8) is 0 Å². The van der Waals surface area contributed by atoms with Crippen LogP contribution in [0.5, 0.6) is 0 Å². The lowest BCUT2D eigenvalue weighted by molar-refractivity contribution is -0.167. The van der Waals surface area contributed by atoms with Crippen molar-refractivity contribution in [2.45, 2.75) is 361 Å². The quantitative estimate of drug-likeness (QED) is 0.0261. The van der Waals surface area contributed by atoms with Crippen LogP contribution in [0.25, 0.3) is 0 Å². The molecular formula is C73H130O6. The Balaban J connectivity index is 4.27. The molecule has 0 aromatic carbocycles. The molecule has 0 heterocycles. The first-order chi connectivity index (χ1) is 39.0. The van der Waals surface area contributed by atoms with E-state index in [-0.39, 0.29) is 31.1 Å². The van der Waals surface area contributed by atoms with Gasteiger partial charge in [-0.15, -0.1) is 0 Å². The summed E-state index contributed by atoms with van der Waals surface area (Å²) in [5, 5.41) is 0. The van der Waals surface area contributed by atoms with Crippen LogP contribution in [-0.2, 0) is 28.6 Å². The van der Waals surface area contributed by atoms with E-state index in [1.807, 2.05) is 0 Å². The lowest BCUT2D eigenvalue weighted by Crippen LogP contribution is -2.30. The van der Waals surface area contributed by atoms with Gasteiger partial charge in [-0.2, -0.15) is 0 Å². The minimum atomic E-state index is -0.795. The minimum absolute atomic E-state index is 0.0873. The van der Waals surface area contributed by atoms with Crippen molar-refractivity contribution in [1.29, 1.82) is 0 Å². The van der Waals surface area contributed by atoms with Gasteiger partial charge in [-0.1, -0.05) is 318 Å². The summed E-state index contributed by atoms with van der Waals surface area (Å²) in [6.45, 7) is 6.53. The monoisotopic (exact) mass is 1100 g/mol. The van der Waals surface area contributed by atoms with E-state index >= 15 is 0 Å². The van der Waals surface area contributed by atoms with Crippen LogP contribution in [0.4, 0.5) is 0 Å². The number of hydrogen-bond donors (Lipinski definition) is 0. The highest BCUT2D eigenvalue weighted by Crippen LogP contribution is 2.18. The summed E-state index contributed by atoms with van der Waals surface area (Å²) in [7, 11) is 0. The highest BCUT2D eigenvalue weighted by molar-refractivity contribution is 5.71. The molecule has 0 saturated carbocycles. The molecule has 0 saturated heterocycles. The fraction of sp³-hybridized carbons (Fsp3) is 0.795. The molecule has 0 bridgehead atoms. The normalized spacial score (nSPS) is 12.5. The molecule has 0 radical (unpaired) electrons. The Hall–Kier alpha value is -3.15. The van der Waals surface area contributed by atoms with E-state index in [1.54, 1.807) is 0 Å². The third-order valence-corrected chi connectivity index (χ3v) is 15.2. The van der Waals surface area contributed by atoms with Crippen molar-refractivity contribution in [2.24, 2.45) is 0 Å². The highest BCUT2D eigenvalue weighted by Gasteiger charge is 2.19. The Kier molecular flexibility index (Phi) is 64.7. The Morgan fingerprint density at radius 1 is 0.266 bits per heavy atom. The van der Waals surface area contributed by atoms with Gasteiger partial charge in [-0.25, -0.2) is 0 Å². The number of ether oxygens (including phenoxy) is 3. The standard InChI is InChI=1S/C73H130O6/c1-4-7-10-13-16-19-22-25-28-31-32-33-34-35-36-37-38-39-40-41-43-45-48-51-54-57-60-63-66-72(75)78-69-70(68-77-71(74)65-62-59-56-53-50-47-44-30-27-24-21-18-15-12-9-6-3)79-73(76)67-64-61-58-55-52-49-46-42-29-26-23-20-17-14-11-8-5-2/h8,11,17,20-21,24,26,29-30,44,46,49,70H,4-7,9-10,12-16,18-19,22-23,25,27-28,31-43,45,47-48,50-69H2,1-3H3/b11-8-,20-17-,24-21-,29-26-,44-30-,49-46-. The van der Waals surface area contributed by atoms with Gasteiger partial charge in [-0.3, -0.25) is 14.4 Å². The molecule has 79 heavy (non-hydrogen) atoms. The third-order valence-electron chi connectivity index (χ3n) is 15.2. The fourth-order valence-corrected chi connectivity index (χ4v) is 10.1. The number of hydrogen-bond acceptors (Lipinski definition) is 6. The number of rotatable bonds is 63. The van der Waals surface area contributed by atoms with Crippen LogP contribution >= 0.6 is 0 Å². The second kappa shape index (κ2) is 67.4. The molecule has 6 heteroatoms. The number of esters is 3. The zero-order chi connectivity index (χ0) is 57.1. The van der Waals surface area contributed by atoms with E-state index in [4.69, 9.17) is 14.2 Å². The van der Waals surface area contributed by atoms with Crippen molar-refractivity contribution >= 4 is 17.9 Å². The molecular weight excluding hydrogens is 973 g/mol. The first-order valence-corrected chi connectivity index (χ1v) is 34.4. The second-order valence-corrected chi connectivity index (χ2v) is 23.1. The average Bonchev–Trinajstić information content (AvgIpc) is 3.45. The van der Waals surface area contributed by atoms with E-state index in [0.717, 1.165) is 116 Å². The molecule has 0 aromatic heterocycles. The topological polar surface area (TPSA) is 78.9 Å². The third kappa shape index (κ3) is 65.5. The molecule has 1 unspecified atom stereocenters. The maximum absolute atomic E-state index is 12.9. The van der Waals surface area contributed by atoms with Crippen molar-refractivity contribution in [3.8, 4) is 0 Å². The van der Waals surface area contributed by atoms with Crippen LogP contribution in [0, 0.1) is 0 Å². The van der Waals surface area contributed by atoms with Crippen LogP contribution in [0.1, 0.15) is 355 Å². The maximum Gasteiger partial charge on any atom is 0.306 e. The predicted molar refractivity (Wildman–Crippen MR) is 344 cm³/mol. The SMILES string of the molecule is CC/C=C\C/C=C\C/C=C\C/C=C\CCCCCCC(=O)OC(COC(=O)CCCCCCC/C=C\C/C=C\CCCCCC)COC(=O)CCCCCCCCCCCCCCCCCCCCCCCCCCCCCC. The van der Waals surface area contributed by atoms with Crippen molar-refractivity contribution in [3.05, 3.63) is 72.9 Å². The Morgan fingerprint density at radius 3 is 0.785 bits per heavy atom. The summed E-state index contributed by atoms with van der Waals surface area (Å²) < 4.78 is 16.9. The summed E-state index contributed by atoms with van der Waals surface area (Å²) in [4.78, 5) is 38.4. The molecule has 6 nitrogen and oxygen atoms in total. The van der Waals surface area contributed by atoms with Gasteiger partial charge in [0.2, 0.25) is 0 Å². The lowest BCUT2D eigenvalue weighted by atomic mass is 10.0. The molecule has 0 aliphatic rings. The molecule has 1 atom stereocenters. The Bertz CT molecular complexity index is 1450. The largest absolute Gasteiger partial charge is 0.462 e. The van der Waals surface area contributed by atoms with Crippen LogP contribution < -0.4 is 0 Å². The summed E-state index contributed by atoms with van der Waals surface area (Å²) in [5.74, 6) is -0.908. The number of allylic oxidation sites excluding steroid dienone is 12. The van der Waals surface area contributed by atoms with Crippen LogP contribution in [0.3, 0.4) is 0 Å². The van der Waals surface area contributed by atoms with E-state index in [9.17, 15) is 14.4 Å². The highest BCUT2D eigenvalue weighted by atomic mass is 16.6. The molecule has 0 aliphatic carbocycles. The van der Waals surface area contributed by atoms with Gasteiger partial charge >= 0.3 is 17.9 Å². The molecule has 0 aromatic rings. The van der Waals surface area contributed by atoms with Gasteiger partial charge in [-0.05, 0) is 89.9 Å². The summed E-state index contributed by atoms with van der Waals surface area (Å²) in [6, 6.07) is 0. The number of unbranched alkanes of at least 4 members (excludes halogenated alkanes) is 40. The van der Waals surface area contributed by atoms with Crippen molar-refractivity contribution < 1.29 is 28.6 Å². The first-order valence-electron chi connectivity index (χ1n) is 34.4. The van der Waals surface area contributed by atoms with Gasteiger partial charge < -0.3 is 14.2 Å². The second-order valence-electron chi connectivity index (χ2n) is 23.1.